The van der Waals surface area contributed by atoms with Crippen LogP contribution in [0.25, 0.3) is 0 Å². The van der Waals surface area contributed by atoms with Crippen molar-refractivity contribution in [3.05, 3.63) is 0 Å². The average molecular weight is 222 g/mol. The first kappa shape index (κ1) is 13.9. The molecule has 1 atom stereocenters. The molecule has 14 heavy (non-hydrogen) atoms. The van der Waals surface area contributed by atoms with Gasteiger partial charge < -0.3 is 5.32 Å². The Bertz CT molecular complexity index is 227. The smallest absolute Gasteiger partial charge is 0.213 e. The lowest BCUT2D eigenvalue weighted by Crippen LogP contribution is -2.37. The van der Waals surface area contributed by atoms with Gasteiger partial charge in [-0.3, -0.25) is 0 Å². The molecule has 0 heterocycles. The lowest BCUT2D eigenvalue weighted by Gasteiger charge is -2.13. The molecule has 0 fully saturated rings. The van der Waals surface area contributed by atoms with E-state index in [4.69, 9.17) is 0 Å². The summed E-state index contributed by atoms with van der Waals surface area (Å²) in [5, 5.41) is 2.99. The van der Waals surface area contributed by atoms with Crippen LogP contribution in [-0.4, -0.2) is 33.3 Å². The molecule has 0 saturated carbocycles. The first-order valence-electron chi connectivity index (χ1n) is 5.22. The van der Waals surface area contributed by atoms with Crippen LogP contribution < -0.4 is 10.0 Å². The van der Waals surface area contributed by atoms with Gasteiger partial charge in [0.05, 0.1) is 5.75 Å². The molecule has 1 unspecified atom stereocenters. The van der Waals surface area contributed by atoms with Crippen molar-refractivity contribution >= 4 is 10.0 Å². The minimum Gasteiger partial charge on any atom is -0.316 e. The third kappa shape index (κ3) is 7.29. The molecule has 0 aliphatic rings. The van der Waals surface area contributed by atoms with Crippen molar-refractivity contribution in [3.63, 3.8) is 0 Å². The zero-order chi connectivity index (χ0) is 11.0. The first-order chi connectivity index (χ1) is 6.52. The Morgan fingerprint density at radius 2 is 1.93 bits per heavy atom. The molecule has 0 aromatic carbocycles. The van der Waals surface area contributed by atoms with Crippen LogP contribution in [0.1, 0.15) is 33.6 Å². The summed E-state index contributed by atoms with van der Waals surface area (Å²) < 4.78 is 25.5. The summed E-state index contributed by atoms with van der Waals surface area (Å²) in [4.78, 5) is 0. The molecule has 0 aromatic rings. The molecule has 4 nitrogen and oxygen atoms in total. The van der Waals surface area contributed by atoms with Gasteiger partial charge in [0.25, 0.3) is 0 Å². The zero-order valence-corrected chi connectivity index (χ0v) is 10.2. The Balaban J connectivity index is 3.82. The van der Waals surface area contributed by atoms with Crippen LogP contribution in [-0.2, 0) is 10.0 Å². The third-order valence-electron chi connectivity index (χ3n) is 1.90. The Kier molecular flexibility index (Phi) is 7.13. The van der Waals surface area contributed by atoms with Crippen molar-refractivity contribution in [2.75, 3.05) is 18.8 Å². The molecular weight excluding hydrogens is 200 g/mol. The zero-order valence-electron chi connectivity index (χ0n) is 9.34. The second-order valence-electron chi connectivity index (χ2n) is 3.48. The highest BCUT2D eigenvalue weighted by atomic mass is 32.2. The molecule has 0 amide bonds. The number of rotatable bonds is 8. The fourth-order valence-electron chi connectivity index (χ4n) is 1.24. The first-order valence-corrected chi connectivity index (χ1v) is 6.87. The molecule has 0 radical (unpaired) electrons. The lowest BCUT2D eigenvalue weighted by atomic mass is 10.2. The molecule has 0 rings (SSSR count). The highest BCUT2D eigenvalue weighted by Crippen LogP contribution is 1.97. The fourth-order valence-corrected chi connectivity index (χ4v) is 2.50. The number of nitrogens with one attached hydrogen (secondary N) is 2. The van der Waals surface area contributed by atoms with Crippen molar-refractivity contribution in [1.29, 1.82) is 0 Å². The van der Waals surface area contributed by atoms with Crippen LogP contribution in [0.2, 0.25) is 0 Å². The highest BCUT2D eigenvalue weighted by Gasteiger charge is 2.12. The van der Waals surface area contributed by atoms with Gasteiger partial charge in [0.2, 0.25) is 10.0 Å². The van der Waals surface area contributed by atoms with E-state index < -0.39 is 10.0 Å². The van der Waals surface area contributed by atoms with Gasteiger partial charge >= 0.3 is 0 Å². The Morgan fingerprint density at radius 1 is 1.29 bits per heavy atom. The van der Waals surface area contributed by atoms with Crippen LogP contribution in [0.5, 0.6) is 0 Å². The van der Waals surface area contributed by atoms with Crippen molar-refractivity contribution in [2.45, 2.75) is 39.7 Å². The van der Waals surface area contributed by atoms with Gasteiger partial charge in [-0.15, -0.1) is 0 Å². The molecule has 0 spiro atoms. The minimum absolute atomic E-state index is 0.0478. The molecule has 86 valence electrons. The van der Waals surface area contributed by atoms with Crippen LogP contribution in [0.4, 0.5) is 0 Å². The Morgan fingerprint density at radius 3 is 2.43 bits per heavy atom. The van der Waals surface area contributed by atoms with E-state index in [0.29, 0.717) is 6.54 Å². The quantitative estimate of drug-likeness (QED) is 0.595. The van der Waals surface area contributed by atoms with Crippen LogP contribution in [0, 0.1) is 0 Å². The summed E-state index contributed by atoms with van der Waals surface area (Å²) in [6.07, 6.45) is 1.89. The van der Waals surface area contributed by atoms with Gasteiger partial charge in [-0.2, -0.15) is 0 Å². The fraction of sp³-hybridized carbons (Fsp3) is 1.00. The second kappa shape index (κ2) is 7.20. The monoisotopic (exact) mass is 222 g/mol. The molecule has 0 aliphatic carbocycles. The molecular formula is C9H22N2O2S. The largest absolute Gasteiger partial charge is 0.316 e. The second-order valence-corrected chi connectivity index (χ2v) is 5.35. The van der Waals surface area contributed by atoms with E-state index in [1.165, 1.54) is 0 Å². The summed E-state index contributed by atoms with van der Waals surface area (Å²) in [5.74, 6) is 0.162. The molecule has 0 saturated heterocycles. The summed E-state index contributed by atoms with van der Waals surface area (Å²) in [5.41, 5.74) is 0. The third-order valence-corrected chi connectivity index (χ3v) is 3.40. The van der Waals surface area contributed by atoms with E-state index in [1.807, 2.05) is 20.8 Å². The maximum absolute atomic E-state index is 11.4. The SMILES string of the molecule is CCCC(C)NS(=O)(=O)CCNCC. The van der Waals surface area contributed by atoms with E-state index in [2.05, 4.69) is 10.0 Å². The molecule has 0 bridgehead atoms. The van der Waals surface area contributed by atoms with Crippen molar-refractivity contribution < 1.29 is 8.42 Å². The summed E-state index contributed by atoms with van der Waals surface area (Å²) in [7, 11) is -3.09. The van der Waals surface area contributed by atoms with Gasteiger partial charge in [-0.25, -0.2) is 13.1 Å². The maximum atomic E-state index is 11.4. The van der Waals surface area contributed by atoms with E-state index >= 15 is 0 Å². The van der Waals surface area contributed by atoms with Gasteiger partial charge in [-0.1, -0.05) is 20.3 Å². The van der Waals surface area contributed by atoms with Gasteiger partial charge in [0.1, 0.15) is 0 Å². The highest BCUT2D eigenvalue weighted by molar-refractivity contribution is 7.89. The standard InChI is InChI=1S/C9H22N2O2S/c1-4-6-9(3)11-14(12,13)8-7-10-5-2/h9-11H,4-8H2,1-3H3. The van der Waals surface area contributed by atoms with E-state index in [1.54, 1.807) is 0 Å². The Labute approximate surface area is 87.5 Å². The number of hydrogen-bond acceptors (Lipinski definition) is 3. The van der Waals surface area contributed by atoms with E-state index in [0.717, 1.165) is 19.4 Å². The van der Waals surface area contributed by atoms with Crippen molar-refractivity contribution in [2.24, 2.45) is 0 Å². The van der Waals surface area contributed by atoms with Crippen molar-refractivity contribution in [1.82, 2.24) is 10.0 Å². The average Bonchev–Trinajstić information content (AvgIpc) is 2.03. The minimum atomic E-state index is -3.09. The van der Waals surface area contributed by atoms with E-state index in [-0.39, 0.29) is 11.8 Å². The molecule has 2 N–H and O–H groups in total. The van der Waals surface area contributed by atoms with Crippen molar-refractivity contribution in [3.8, 4) is 0 Å². The predicted molar refractivity (Wildman–Crippen MR) is 59.8 cm³/mol. The van der Waals surface area contributed by atoms with Gasteiger partial charge in [0, 0.05) is 12.6 Å². The number of sulfonamides is 1. The number of hydrogen-bond donors (Lipinski definition) is 2. The van der Waals surface area contributed by atoms with E-state index in [9.17, 15) is 8.42 Å². The van der Waals surface area contributed by atoms with Crippen LogP contribution in [0.3, 0.4) is 0 Å². The predicted octanol–water partition coefficient (Wildman–Crippen LogP) is 0.704. The normalized spacial score (nSPS) is 14.2. The summed E-state index contributed by atoms with van der Waals surface area (Å²) >= 11 is 0. The maximum Gasteiger partial charge on any atom is 0.213 e. The molecule has 0 aromatic heterocycles. The lowest BCUT2D eigenvalue weighted by molar-refractivity contribution is 0.541. The van der Waals surface area contributed by atoms with Crippen LogP contribution >= 0.6 is 0 Å². The summed E-state index contributed by atoms with van der Waals surface area (Å²) in [6.45, 7) is 7.22. The van der Waals surface area contributed by atoms with Gasteiger partial charge in [-0.05, 0) is 19.9 Å². The molecule has 5 heteroatoms. The van der Waals surface area contributed by atoms with Crippen LogP contribution in [0.15, 0.2) is 0 Å². The topological polar surface area (TPSA) is 58.2 Å². The summed E-state index contributed by atoms with van der Waals surface area (Å²) in [6, 6.07) is 0.0478. The Hall–Kier alpha value is -0.130. The molecule has 0 aliphatic heterocycles. The van der Waals surface area contributed by atoms with Gasteiger partial charge in [0.15, 0.2) is 0 Å².